The highest BCUT2D eigenvalue weighted by Gasteiger charge is 2.15. The highest BCUT2D eigenvalue weighted by molar-refractivity contribution is 5.97. The summed E-state index contributed by atoms with van der Waals surface area (Å²) >= 11 is 0. The number of para-hydroxylation sites is 1. The molecule has 0 saturated carbocycles. The van der Waals surface area contributed by atoms with Crippen LogP contribution in [0.15, 0.2) is 253 Å². The monoisotopic (exact) mass is 791 g/mol. The first-order chi connectivity index (χ1) is 30.7. The van der Waals surface area contributed by atoms with Crippen molar-refractivity contribution >= 4 is 38.8 Å². The zero-order valence-corrected chi connectivity index (χ0v) is 34.0. The number of hydrogen-bond acceptors (Lipinski definition) is 2. The molecule has 0 amide bonds. The summed E-state index contributed by atoms with van der Waals surface area (Å²) in [4.78, 5) is 2.34. The molecular weight excluding hydrogens is 751 g/mol. The Bertz CT molecular complexity index is 3250. The second kappa shape index (κ2) is 16.1. The molecule has 292 valence electrons. The molecule has 0 aliphatic heterocycles. The molecule has 0 saturated heterocycles. The fraction of sp³-hybridized carbons (Fsp3) is 0. The van der Waals surface area contributed by atoms with Gasteiger partial charge in [-0.15, -0.1) is 0 Å². The van der Waals surface area contributed by atoms with Gasteiger partial charge in [-0.05, 0) is 121 Å². The minimum atomic E-state index is 0.879. The van der Waals surface area contributed by atoms with Crippen LogP contribution in [0.3, 0.4) is 0 Å². The molecule has 0 radical (unpaired) electrons. The SMILES string of the molecule is c1ccc(-c2ccc(N(c3ccc(-c4ccc(-c5cccc(-c6cc7ccccc7o6)c5)cc4)cc3)c3ccc(-c4ccc(-c5cccc6ccccc56)cc4)cc3)cc2)cc1. The van der Waals surface area contributed by atoms with Gasteiger partial charge in [0.1, 0.15) is 11.3 Å². The van der Waals surface area contributed by atoms with Crippen LogP contribution >= 0.6 is 0 Å². The number of anilines is 3. The van der Waals surface area contributed by atoms with Gasteiger partial charge in [-0.2, -0.15) is 0 Å². The topological polar surface area (TPSA) is 16.4 Å². The van der Waals surface area contributed by atoms with Crippen molar-refractivity contribution in [3.8, 4) is 67.0 Å². The standard InChI is InChI=1S/C60H41NO/c1-2-10-42(11-3-1)45-28-34-54(35-29-45)61(56-38-32-47(33-39-56)44-24-26-50(27-25-44)58-18-9-14-49-12-4-6-17-57(49)58)55-36-30-46(31-37-55)43-20-22-48(23-21-43)51-15-8-16-52(40-51)60-41-53-13-5-7-19-59(53)62-60/h1-41H. The van der Waals surface area contributed by atoms with Gasteiger partial charge in [0.2, 0.25) is 0 Å². The Labute approximate surface area is 362 Å². The van der Waals surface area contributed by atoms with Crippen LogP contribution in [0.25, 0.3) is 88.7 Å². The fourth-order valence-electron chi connectivity index (χ4n) is 8.64. The Hall–Kier alpha value is -8.20. The molecule has 0 atom stereocenters. The highest BCUT2D eigenvalue weighted by atomic mass is 16.3. The van der Waals surface area contributed by atoms with Crippen LogP contribution in [0.2, 0.25) is 0 Å². The maximum Gasteiger partial charge on any atom is 0.135 e. The lowest BCUT2D eigenvalue weighted by atomic mass is 9.96. The highest BCUT2D eigenvalue weighted by Crippen LogP contribution is 2.39. The van der Waals surface area contributed by atoms with Gasteiger partial charge < -0.3 is 9.32 Å². The van der Waals surface area contributed by atoms with Crippen LogP contribution in [0.5, 0.6) is 0 Å². The van der Waals surface area contributed by atoms with Crippen molar-refractivity contribution in [2.45, 2.75) is 0 Å². The van der Waals surface area contributed by atoms with Crippen LogP contribution in [0.1, 0.15) is 0 Å². The van der Waals surface area contributed by atoms with Gasteiger partial charge in [0.05, 0.1) is 0 Å². The average molecular weight is 792 g/mol. The molecular formula is C60H41NO. The van der Waals surface area contributed by atoms with E-state index in [0.717, 1.165) is 56.0 Å². The van der Waals surface area contributed by atoms with Gasteiger partial charge in [-0.1, -0.05) is 194 Å². The number of fused-ring (bicyclic) bond motifs is 2. The van der Waals surface area contributed by atoms with Crippen molar-refractivity contribution in [3.05, 3.63) is 249 Å². The summed E-state index contributed by atoms with van der Waals surface area (Å²) < 4.78 is 6.17. The van der Waals surface area contributed by atoms with E-state index in [-0.39, 0.29) is 0 Å². The molecule has 0 aliphatic carbocycles. The molecule has 1 aromatic heterocycles. The van der Waals surface area contributed by atoms with E-state index in [4.69, 9.17) is 4.42 Å². The molecule has 0 N–H and O–H groups in total. The zero-order valence-electron chi connectivity index (χ0n) is 34.0. The molecule has 62 heavy (non-hydrogen) atoms. The van der Waals surface area contributed by atoms with E-state index < -0.39 is 0 Å². The van der Waals surface area contributed by atoms with E-state index in [9.17, 15) is 0 Å². The molecule has 0 fully saturated rings. The molecule has 0 unspecified atom stereocenters. The summed E-state index contributed by atoms with van der Waals surface area (Å²) in [5, 5.41) is 3.64. The molecule has 0 bridgehead atoms. The Morgan fingerprint density at radius 3 is 1.24 bits per heavy atom. The van der Waals surface area contributed by atoms with Crippen LogP contribution in [0, 0.1) is 0 Å². The van der Waals surface area contributed by atoms with E-state index in [1.807, 2.05) is 18.2 Å². The number of hydrogen-bond donors (Lipinski definition) is 0. The molecule has 11 rings (SSSR count). The average Bonchev–Trinajstić information content (AvgIpc) is 3.80. The lowest BCUT2D eigenvalue weighted by molar-refractivity contribution is 0.631. The van der Waals surface area contributed by atoms with Gasteiger partial charge in [0, 0.05) is 28.0 Å². The van der Waals surface area contributed by atoms with Gasteiger partial charge in [0.15, 0.2) is 0 Å². The molecule has 0 aliphatic rings. The number of nitrogens with zero attached hydrogens (tertiary/aromatic N) is 1. The lowest BCUT2D eigenvalue weighted by Gasteiger charge is -2.26. The number of benzene rings is 10. The summed E-state index contributed by atoms with van der Waals surface area (Å²) in [5.74, 6) is 0.879. The molecule has 2 nitrogen and oxygen atoms in total. The van der Waals surface area contributed by atoms with Crippen molar-refractivity contribution in [1.82, 2.24) is 0 Å². The van der Waals surface area contributed by atoms with Crippen molar-refractivity contribution < 1.29 is 4.42 Å². The minimum absolute atomic E-state index is 0.879. The second-order valence-corrected chi connectivity index (χ2v) is 15.8. The van der Waals surface area contributed by atoms with Gasteiger partial charge in [-0.3, -0.25) is 0 Å². The predicted octanol–water partition coefficient (Wildman–Crippen LogP) is 17.1. The Balaban J connectivity index is 0.872. The first-order valence-electron chi connectivity index (χ1n) is 21.1. The molecule has 1 heterocycles. The smallest absolute Gasteiger partial charge is 0.135 e. The number of furan rings is 1. The van der Waals surface area contributed by atoms with Gasteiger partial charge in [-0.25, -0.2) is 0 Å². The van der Waals surface area contributed by atoms with E-state index in [1.165, 1.54) is 49.7 Å². The molecule has 10 aromatic carbocycles. The molecule has 11 aromatic rings. The van der Waals surface area contributed by atoms with Crippen LogP contribution in [-0.2, 0) is 0 Å². The molecule has 0 spiro atoms. The summed E-state index contributed by atoms with van der Waals surface area (Å²) in [5.41, 5.74) is 17.1. The van der Waals surface area contributed by atoms with Gasteiger partial charge in [0.25, 0.3) is 0 Å². The second-order valence-electron chi connectivity index (χ2n) is 15.8. The van der Waals surface area contributed by atoms with E-state index in [2.05, 4.69) is 235 Å². The summed E-state index contributed by atoms with van der Waals surface area (Å²) in [6.07, 6.45) is 0. The third-order valence-corrected chi connectivity index (χ3v) is 11.9. The van der Waals surface area contributed by atoms with Gasteiger partial charge >= 0.3 is 0 Å². The maximum absolute atomic E-state index is 6.17. The van der Waals surface area contributed by atoms with E-state index in [1.54, 1.807) is 0 Å². The van der Waals surface area contributed by atoms with Crippen LogP contribution in [0.4, 0.5) is 17.1 Å². The predicted molar refractivity (Wildman–Crippen MR) is 261 cm³/mol. The van der Waals surface area contributed by atoms with Crippen molar-refractivity contribution in [3.63, 3.8) is 0 Å². The quantitative estimate of drug-likeness (QED) is 0.145. The largest absolute Gasteiger partial charge is 0.456 e. The zero-order chi connectivity index (χ0) is 41.2. The number of rotatable bonds is 9. The van der Waals surface area contributed by atoms with E-state index >= 15 is 0 Å². The first kappa shape index (κ1) is 36.8. The third kappa shape index (κ3) is 7.25. The maximum atomic E-state index is 6.17. The first-order valence-corrected chi connectivity index (χ1v) is 21.1. The summed E-state index contributed by atoms with van der Waals surface area (Å²) in [7, 11) is 0. The normalized spacial score (nSPS) is 11.2. The molecule has 2 heteroatoms. The van der Waals surface area contributed by atoms with Crippen molar-refractivity contribution in [2.75, 3.05) is 4.90 Å². The minimum Gasteiger partial charge on any atom is -0.456 e. The summed E-state index contributed by atoms with van der Waals surface area (Å²) in [6.45, 7) is 0. The van der Waals surface area contributed by atoms with Crippen LogP contribution < -0.4 is 4.90 Å². The Kier molecular flexibility index (Phi) is 9.57. The van der Waals surface area contributed by atoms with Crippen molar-refractivity contribution in [1.29, 1.82) is 0 Å². The third-order valence-electron chi connectivity index (χ3n) is 11.9. The lowest BCUT2D eigenvalue weighted by Crippen LogP contribution is -2.09. The fourth-order valence-corrected chi connectivity index (χ4v) is 8.64. The summed E-state index contributed by atoms with van der Waals surface area (Å²) in [6, 6.07) is 89.0. The van der Waals surface area contributed by atoms with Crippen LogP contribution in [-0.4, -0.2) is 0 Å². The van der Waals surface area contributed by atoms with Crippen molar-refractivity contribution in [2.24, 2.45) is 0 Å². The van der Waals surface area contributed by atoms with E-state index in [0.29, 0.717) is 0 Å². The Morgan fingerprint density at radius 2 is 0.661 bits per heavy atom. The Morgan fingerprint density at radius 1 is 0.258 bits per heavy atom.